The van der Waals surface area contributed by atoms with Gasteiger partial charge in [0.05, 0.1) is 22.6 Å². The van der Waals surface area contributed by atoms with Crippen LogP contribution in [0, 0.1) is 6.92 Å². The first-order chi connectivity index (χ1) is 12.0. The minimum atomic E-state index is -4.75. The third kappa shape index (κ3) is 4.31. The summed E-state index contributed by atoms with van der Waals surface area (Å²) in [6, 6.07) is 7.80. The van der Waals surface area contributed by atoms with Crippen LogP contribution >= 0.6 is 11.6 Å². The van der Waals surface area contributed by atoms with Crippen LogP contribution < -0.4 is 4.74 Å². The number of methoxy groups -OCH3 is 1. The summed E-state index contributed by atoms with van der Waals surface area (Å²) in [5.74, 6) is 0.490. The molecule has 2 aromatic carbocycles. The summed E-state index contributed by atoms with van der Waals surface area (Å²) in [4.78, 5) is -0.483. The van der Waals surface area contributed by atoms with Gasteiger partial charge in [-0.05, 0) is 31.2 Å². The number of nitrogens with zero attached hydrogens (tertiary/aromatic N) is 1. The molecule has 0 saturated heterocycles. The first kappa shape index (κ1) is 20.5. The van der Waals surface area contributed by atoms with Crippen molar-refractivity contribution < 1.29 is 26.3 Å². The van der Waals surface area contributed by atoms with Gasteiger partial charge in [-0.15, -0.1) is 0 Å². The Hall–Kier alpha value is -1.77. The van der Waals surface area contributed by atoms with Gasteiger partial charge < -0.3 is 4.74 Å². The van der Waals surface area contributed by atoms with Gasteiger partial charge in [-0.1, -0.05) is 29.3 Å². The van der Waals surface area contributed by atoms with E-state index in [1.54, 1.807) is 12.1 Å². The molecule has 26 heavy (non-hydrogen) atoms. The number of rotatable bonds is 5. The van der Waals surface area contributed by atoms with Gasteiger partial charge in [-0.2, -0.15) is 17.5 Å². The molecule has 0 aliphatic heterocycles. The lowest BCUT2D eigenvalue weighted by Crippen LogP contribution is -2.27. The first-order valence-corrected chi connectivity index (χ1v) is 9.25. The van der Waals surface area contributed by atoms with E-state index in [4.69, 9.17) is 16.3 Å². The lowest BCUT2D eigenvalue weighted by Gasteiger charge is -2.20. The summed E-state index contributed by atoms with van der Waals surface area (Å²) in [5.41, 5.74) is 0.308. The van der Waals surface area contributed by atoms with Gasteiger partial charge in [0.15, 0.2) is 0 Å². The average molecular weight is 408 g/mol. The molecule has 0 atom stereocenters. The molecule has 2 rings (SSSR count). The smallest absolute Gasteiger partial charge is 0.417 e. The average Bonchev–Trinajstić information content (AvgIpc) is 2.54. The maximum absolute atomic E-state index is 13.0. The van der Waals surface area contributed by atoms with Crippen molar-refractivity contribution in [3.63, 3.8) is 0 Å². The molecule has 2 aromatic rings. The van der Waals surface area contributed by atoms with Crippen LogP contribution in [-0.4, -0.2) is 26.9 Å². The minimum Gasteiger partial charge on any atom is -0.496 e. The Balaban J connectivity index is 2.40. The maximum atomic E-state index is 13.0. The minimum absolute atomic E-state index is 0.0584. The number of aryl methyl sites for hydroxylation is 1. The van der Waals surface area contributed by atoms with Gasteiger partial charge in [-0.25, -0.2) is 8.42 Å². The fourth-order valence-electron chi connectivity index (χ4n) is 2.42. The zero-order valence-electron chi connectivity index (χ0n) is 14.3. The van der Waals surface area contributed by atoms with Crippen molar-refractivity contribution in [1.82, 2.24) is 4.31 Å². The molecule has 0 aliphatic carbocycles. The van der Waals surface area contributed by atoms with Crippen LogP contribution in [0.1, 0.15) is 16.7 Å². The number of ether oxygens (including phenoxy) is 1. The predicted octanol–water partition coefficient (Wildman–Crippen LogP) is 4.50. The highest BCUT2D eigenvalue weighted by molar-refractivity contribution is 7.89. The Bertz CT molecular complexity index is 914. The van der Waals surface area contributed by atoms with Crippen molar-refractivity contribution in [3.8, 4) is 5.75 Å². The normalized spacial score (nSPS) is 12.5. The van der Waals surface area contributed by atoms with Gasteiger partial charge in [0, 0.05) is 19.2 Å². The van der Waals surface area contributed by atoms with Crippen molar-refractivity contribution in [2.45, 2.75) is 24.5 Å². The van der Waals surface area contributed by atoms with Gasteiger partial charge in [0.2, 0.25) is 10.0 Å². The molecule has 0 amide bonds. The van der Waals surface area contributed by atoms with E-state index < -0.39 is 31.7 Å². The maximum Gasteiger partial charge on any atom is 0.417 e. The van der Waals surface area contributed by atoms with Crippen molar-refractivity contribution in [2.24, 2.45) is 0 Å². The topological polar surface area (TPSA) is 46.6 Å². The second-order valence-corrected chi connectivity index (χ2v) is 8.17. The van der Waals surface area contributed by atoms with Crippen molar-refractivity contribution in [1.29, 1.82) is 0 Å². The Labute approximate surface area is 155 Å². The van der Waals surface area contributed by atoms with Crippen LogP contribution in [0.5, 0.6) is 5.75 Å². The number of alkyl halides is 3. The lowest BCUT2D eigenvalue weighted by atomic mass is 10.1. The lowest BCUT2D eigenvalue weighted by molar-refractivity contribution is -0.137. The number of benzene rings is 2. The zero-order chi connectivity index (χ0) is 19.7. The SMILES string of the molecule is COc1ccc(C)cc1CN(C)S(=O)(=O)c1ccc(Cl)c(C(F)(F)F)c1. The molecule has 0 heterocycles. The van der Waals surface area contributed by atoms with E-state index in [1.165, 1.54) is 14.2 Å². The summed E-state index contributed by atoms with van der Waals surface area (Å²) in [6.45, 7) is 1.78. The monoisotopic (exact) mass is 407 g/mol. The molecule has 0 aliphatic rings. The standard InChI is InChI=1S/C17H17ClF3NO3S/c1-11-4-7-16(25-3)12(8-11)10-22(2)26(23,24)13-5-6-15(18)14(9-13)17(19,20)21/h4-9H,10H2,1-3H3. The Morgan fingerprint density at radius 1 is 1.15 bits per heavy atom. The molecule has 0 unspecified atom stereocenters. The van der Waals surface area contributed by atoms with Crippen LogP contribution in [0.15, 0.2) is 41.3 Å². The zero-order valence-corrected chi connectivity index (χ0v) is 15.8. The van der Waals surface area contributed by atoms with Crippen molar-refractivity contribution >= 4 is 21.6 Å². The predicted molar refractivity (Wildman–Crippen MR) is 92.8 cm³/mol. The molecule has 0 bridgehead atoms. The highest BCUT2D eigenvalue weighted by Gasteiger charge is 2.35. The van der Waals surface area contributed by atoms with Crippen LogP contribution in [-0.2, 0) is 22.7 Å². The summed E-state index contributed by atoms with van der Waals surface area (Å²) in [5, 5.41) is -0.556. The number of halogens is 4. The van der Waals surface area contributed by atoms with Gasteiger partial charge >= 0.3 is 6.18 Å². The van der Waals surface area contributed by atoms with E-state index in [0.29, 0.717) is 17.4 Å². The van der Waals surface area contributed by atoms with Gasteiger partial charge in [-0.3, -0.25) is 0 Å². The molecule has 0 spiro atoms. The van der Waals surface area contributed by atoms with E-state index in [2.05, 4.69) is 0 Å². The van der Waals surface area contributed by atoms with E-state index in [-0.39, 0.29) is 6.54 Å². The Kier molecular flexibility index (Phi) is 5.89. The van der Waals surface area contributed by atoms with Crippen LogP contribution in [0.3, 0.4) is 0 Å². The molecular formula is C17H17ClF3NO3S. The van der Waals surface area contributed by atoms with E-state index in [0.717, 1.165) is 22.0 Å². The third-order valence-electron chi connectivity index (χ3n) is 3.78. The quantitative estimate of drug-likeness (QED) is 0.733. The summed E-state index contributed by atoms with van der Waals surface area (Å²) in [7, 11) is -1.41. The molecule has 0 radical (unpaired) electrons. The van der Waals surface area contributed by atoms with Gasteiger partial charge in [0.25, 0.3) is 0 Å². The fourth-order valence-corrected chi connectivity index (χ4v) is 3.82. The fraction of sp³-hybridized carbons (Fsp3) is 0.294. The van der Waals surface area contributed by atoms with E-state index in [1.807, 2.05) is 13.0 Å². The van der Waals surface area contributed by atoms with Crippen LogP contribution in [0.25, 0.3) is 0 Å². The largest absolute Gasteiger partial charge is 0.496 e. The third-order valence-corrected chi connectivity index (χ3v) is 5.91. The van der Waals surface area contributed by atoms with Crippen LogP contribution in [0.4, 0.5) is 13.2 Å². The molecular weight excluding hydrogens is 391 g/mol. The molecule has 9 heteroatoms. The van der Waals surface area contributed by atoms with Crippen LogP contribution in [0.2, 0.25) is 5.02 Å². The Morgan fingerprint density at radius 3 is 2.38 bits per heavy atom. The highest BCUT2D eigenvalue weighted by atomic mass is 35.5. The van der Waals surface area contributed by atoms with E-state index >= 15 is 0 Å². The Morgan fingerprint density at radius 2 is 1.81 bits per heavy atom. The molecule has 0 saturated carbocycles. The van der Waals surface area contributed by atoms with Crippen molar-refractivity contribution in [3.05, 3.63) is 58.1 Å². The van der Waals surface area contributed by atoms with E-state index in [9.17, 15) is 21.6 Å². The highest BCUT2D eigenvalue weighted by Crippen LogP contribution is 2.36. The molecule has 4 nitrogen and oxygen atoms in total. The van der Waals surface area contributed by atoms with Gasteiger partial charge in [0.1, 0.15) is 5.75 Å². The summed E-state index contributed by atoms with van der Waals surface area (Å²) < 4.78 is 70.5. The molecule has 0 N–H and O–H groups in total. The first-order valence-electron chi connectivity index (χ1n) is 7.43. The summed E-state index contributed by atoms with van der Waals surface area (Å²) >= 11 is 5.55. The molecule has 0 aromatic heterocycles. The number of hydrogen-bond donors (Lipinski definition) is 0. The number of sulfonamides is 1. The molecule has 142 valence electrons. The van der Waals surface area contributed by atoms with Crippen molar-refractivity contribution in [2.75, 3.05) is 14.2 Å². The second kappa shape index (κ2) is 7.46. The number of hydrogen-bond acceptors (Lipinski definition) is 3. The molecule has 0 fully saturated rings. The second-order valence-electron chi connectivity index (χ2n) is 5.72. The summed E-state index contributed by atoms with van der Waals surface area (Å²) in [6.07, 6.45) is -4.75.